The molecule has 0 aromatic rings. The van der Waals surface area contributed by atoms with Crippen LogP contribution < -0.4 is 0 Å². The number of ether oxygens (including phenoxy) is 1. The highest BCUT2D eigenvalue weighted by Gasteiger charge is 1.92. The first-order valence-electron chi connectivity index (χ1n) is 3.58. The summed E-state index contributed by atoms with van der Waals surface area (Å²) >= 11 is 0. The lowest BCUT2D eigenvalue weighted by molar-refractivity contribution is 0.224. The predicted molar refractivity (Wildman–Crippen MR) is 42.6 cm³/mol. The molecular weight excluding hydrogens is 124 g/mol. The van der Waals surface area contributed by atoms with Crippen LogP contribution >= 0.6 is 0 Å². The summed E-state index contributed by atoms with van der Waals surface area (Å²) < 4.78 is 5.32. The van der Waals surface area contributed by atoms with Crippen molar-refractivity contribution < 1.29 is 4.74 Å². The molecule has 0 radical (unpaired) electrons. The second kappa shape index (κ2) is 3.94. The number of rotatable bonds is 2. The van der Waals surface area contributed by atoms with Crippen molar-refractivity contribution >= 4 is 0 Å². The van der Waals surface area contributed by atoms with Crippen LogP contribution in [0.15, 0.2) is 36.1 Å². The molecule has 0 atom stereocenters. The Balaban J connectivity index is 2.50. The van der Waals surface area contributed by atoms with Gasteiger partial charge in [-0.2, -0.15) is 0 Å². The van der Waals surface area contributed by atoms with Crippen LogP contribution in [-0.2, 0) is 4.74 Å². The third-order valence-corrected chi connectivity index (χ3v) is 1.29. The van der Waals surface area contributed by atoms with Crippen molar-refractivity contribution in [3.8, 4) is 0 Å². The van der Waals surface area contributed by atoms with Crippen molar-refractivity contribution in [3.63, 3.8) is 0 Å². The van der Waals surface area contributed by atoms with Gasteiger partial charge in [0.2, 0.25) is 0 Å². The summed E-state index contributed by atoms with van der Waals surface area (Å²) in [4.78, 5) is 0. The van der Waals surface area contributed by atoms with Gasteiger partial charge in [-0.15, -0.1) is 0 Å². The molecule has 0 N–H and O–H groups in total. The molecule has 1 heteroatoms. The molecule has 54 valence electrons. The minimum atomic E-state index is 0.757. The first-order chi connectivity index (χ1) is 4.93. The van der Waals surface area contributed by atoms with Crippen molar-refractivity contribution in [2.24, 2.45) is 0 Å². The quantitative estimate of drug-likeness (QED) is 0.566. The highest BCUT2D eigenvalue weighted by atomic mass is 16.5. The molecule has 0 aliphatic heterocycles. The minimum Gasteiger partial charge on any atom is -0.498 e. The van der Waals surface area contributed by atoms with E-state index >= 15 is 0 Å². The van der Waals surface area contributed by atoms with Gasteiger partial charge >= 0.3 is 0 Å². The Morgan fingerprint density at radius 1 is 1.40 bits per heavy atom. The maximum atomic E-state index is 5.32. The number of hydrogen-bond donors (Lipinski definition) is 0. The van der Waals surface area contributed by atoms with Gasteiger partial charge in [0.15, 0.2) is 0 Å². The van der Waals surface area contributed by atoms with E-state index in [1.165, 1.54) is 0 Å². The molecule has 0 heterocycles. The van der Waals surface area contributed by atoms with Crippen molar-refractivity contribution in [1.82, 2.24) is 0 Å². The topological polar surface area (TPSA) is 9.23 Å². The lowest BCUT2D eigenvalue weighted by Gasteiger charge is -2.02. The Bertz CT molecular complexity index is 175. The maximum absolute atomic E-state index is 5.32. The maximum Gasteiger partial charge on any atom is 0.0997 e. The van der Waals surface area contributed by atoms with E-state index in [-0.39, 0.29) is 0 Å². The summed E-state index contributed by atoms with van der Waals surface area (Å²) in [6.45, 7) is 2.76. The summed E-state index contributed by atoms with van der Waals surface area (Å²) in [5.74, 6) is 1.05. The zero-order valence-corrected chi connectivity index (χ0v) is 6.21. The summed E-state index contributed by atoms with van der Waals surface area (Å²) in [6.07, 6.45) is 11.0. The van der Waals surface area contributed by atoms with Gasteiger partial charge in [0.1, 0.15) is 0 Å². The Hall–Kier alpha value is -0.980. The van der Waals surface area contributed by atoms with Gasteiger partial charge in [0, 0.05) is 6.42 Å². The third-order valence-electron chi connectivity index (χ3n) is 1.29. The van der Waals surface area contributed by atoms with Crippen LogP contribution in [0.5, 0.6) is 0 Å². The van der Waals surface area contributed by atoms with Crippen molar-refractivity contribution in [1.29, 1.82) is 0 Å². The standard InChI is InChI=1S/C9H12O/c1-2-10-9-7-5-3-4-6-8-9/h3-7H,2,8H2,1H3. The fraction of sp³-hybridized carbons (Fsp3) is 0.333. The fourth-order valence-corrected chi connectivity index (χ4v) is 0.850. The third kappa shape index (κ3) is 2.09. The van der Waals surface area contributed by atoms with Crippen LogP contribution in [-0.4, -0.2) is 6.61 Å². The predicted octanol–water partition coefficient (Wildman–Crippen LogP) is 2.42. The van der Waals surface area contributed by atoms with E-state index in [0.717, 1.165) is 18.8 Å². The zero-order valence-electron chi connectivity index (χ0n) is 6.21. The molecule has 1 aliphatic carbocycles. The molecular formula is C9H12O. The van der Waals surface area contributed by atoms with Crippen LogP contribution in [0.3, 0.4) is 0 Å². The smallest absolute Gasteiger partial charge is 0.0997 e. The molecule has 0 aromatic carbocycles. The Labute approximate surface area is 61.7 Å². The molecule has 0 fully saturated rings. The van der Waals surface area contributed by atoms with Gasteiger partial charge in [-0.25, -0.2) is 0 Å². The van der Waals surface area contributed by atoms with Gasteiger partial charge in [0.25, 0.3) is 0 Å². The molecule has 0 unspecified atom stereocenters. The summed E-state index contributed by atoms with van der Waals surface area (Å²) in [6, 6.07) is 0. The first-order valence-corrected chi connectivity index (χ1v) is 3.58. The van der Waals surface area contributed by atoms with Crippen LogP contribution in [0, 0.1) is 0 Å². The molecule has 0 saturated carbocycles. The van der Waals surface area contributed by atoms with Crippen LogP contribution in [0.25, 0.3) is 0 Å². The van der Waals surface area contributed by atoms with E-state index in [1.54, 1.807) is 0 Å². The Kier molecular flexibility index (Phi) is 2.81. The molecule has 0 amide bonds. The molecule has 1 aliphatic rings. The monoisotopic (exact) mass is 136 g/mol. The molecule has 0 aromatic heterocycles. The van der Waals surface area contributed by atoms with Gasteiger partial charge in [0.05, 0.1) is 12.4 Å². The highest BCUT2D eigenvalue weighted by molar-refractivity contribution is 5.19. The zero-order chi connectivity index (χ0) is 7.23. The molecule has 0 spiro atoms. The highest BCUT2D eigenvalue weighted by Crippen LogP contribution is 2.07. The van der Waals surface area contributed by atoms with Crippen molar-refractivity contribution in [2.45, 2.75) is 13.3 Å². The van der Waals surface area contributed by atoms with Gasteiger partial charge in [-0.1, -0.05) is 24.3 Å². The van der Waals surface area contributed by atoms with Crippen LogP contribution in [0.1, 0.15) is 13.3 Å². The van der Waals surface area contributed by atoms with E-state index in [1.807, 2.05) is 31.2 Å². The normalized spacial score (nSPS) is 16.3. The Morgan fingerprint density at radius 3 is 3.10 bits per heavy atom. The van der Waals surface area contributed by atoms with Gasteiger partial charge in [-0.3, -0.25) is 0 Å². The Morgan fingerprint density at radius 2 is 2.30 bits per heavy atom. The molecule has 0 saturated heterocycles. The fourth-order valence-electron chi connectivity index (χ4n) is 0.850. The molecule has 10 heavy (non-hydrogen) atoms. The molecule has 0 bridgehead atoms. The second-order valence-corrected chi connectivity index (χ2v) is 2.08. The second-order valence-electron chi connectivity index (χ2n) is 2.08. The lowest BCUT2D eigenvalue weighted by Crippen LogP contribution is -1.88. The molecule has 1 rings (SSSR count). The SMILES string of the molecule is CCOC1=CC=CC=CC1. The van der Waals surface area contributed by atoms with E-state index in [4.69, 9.17) is 4.74 Å². The number of hydrogen-bond acceptors (Lipinski definition) is 1. The number of allylic oxidation sites excluding steroid dienone is 5. The van der Waals surface area contributed by atoms with E-state index in [0.29, 0.717) is 0 Å². The van der Waals surface area contributed by atoms with Crippen LogP contribution in [0.4, 0.5) is 0 Å². The largest absolute Gasteiger partial charge is 0.498 e. The lowest BCUT2D eigenvalue weighted by atomic mass is 10.3. The minimum absolute atomic E-state index is 0.757. The average molecular weight is 136 g/mol. The molecule has 1 nitrogen and oxygen atoms in total. The summed E-state index contributed by atoms with van der Waals surface area (Å²) in [7, 11) is 0. The van der Waals surface area contributed by atoms with Crippen molar-refractivity contribution in [2.75, 3.05) is 6.61 Å². The van der Waals surface area contributed by atoms with E-state index < -0.39 is 0 Å². The summed E-state index contributed by atoms with van der Waals surface area (Å²) in [5, 5.41) is 0. The van der Waals surface area contributed by atoms with E-state index in [2.05, 4.69) is 6.08 Å². The average Bonchev–Trinajstić information content (AvgIpc) is 2.17. The van der Waals surface area contributed by atoms with Gasteiger partial charge < -0.3 is 4.74 Å². The van der Waals surface area contributed by atoms with Crippen LogP contribution in [0.2, 0.25) is 0 Å². The summed E-state index contributed by atoms with van der Waals surface area (Å²) in [5.41, 5.74) is 0. The first kappa shape index (κ1) is 7.13. The van der Waals surface area contributed by atoms with Crippen molar-refractivity contribution in [3.05, 3.63) is 36.1 Å². The van der Waals surface area contributed by atoms with Gasteiger partial charge in [-0.05, 0) is 13.0 Å². The van der Waals surface area contributed by atoms with E-state index in [9.17, 15) is 0 Å².